The zero-order valence-corrected chi connectivity index (χ0v) is 16.4. The summed E-state index contributed by atoms with van der Waals surface area (Å²) >= 11 is 0. The van der Waals surface area contributed by atoms with Crippen LogP contribution < -0.4 is 16.0 Å². The highest BCUT2D eigenvalue weighted by Crippen LogP contribution is 2.29. The molecule has 0 aromatic heterocycles. The standard InChI is InChI=1S/C21H22N4O4/c1-13-4-6-15(7-5-13)21(3)19(28)25(20(29)24-21)12-18(27)23-17-10-8-16(9-11-17)22-14(2)26/h4-11H,12H2,1-3H3,(H,22,26)(H,23,27)(H,24,29)/t21-/m1/s1. The zero-order valence-electron chi connectivity index (χ0n) is 16.4. The van der Waals surface area contributed by atoms with Gasteiger partial charge in [0.25, 0.3) is 5.91 Å². The van der Waals surface area contributed by atoms with E-state index in [4.69, 9.17) is 0 Å². The van der Waals surface area contributed by atoms with Crippen LogP contribution >= 0.6 is 0 Å². The van der Waals surface area contributed by atoms with E-state index in [1.807, 2.05) is 19.1 Å². The number of carbonyl (C=O) groups is 4. The number of rotatable bonds is 5. The number of hydrogen-bond acceptors (Lipinski definition) is 4. The fourth-order valence-corrected chi connectivity index (χ4v) is 3.11. The van der Waals surface area contributed by atoms with Gasteiger partial charge in [0.1, 0.15) is 12.1 Å². The second-order valence-electron chi connectivity index (χ2n) is 7.12. The Morgan fingerprint density at radius 1 is 0.966 bits per heavy atom. The molecule has 150 valence electrons. The molecule has 0 saturated carbocycles. The Hall–Kier alpha value is -3.68. The van der Waals surface area contributed by atoms with Crippen molar-refractivity contribution >= 4 is 35.1 Å². The Balaban J connectivity index is 1.67. The Morgan fingerprint density at radius 2 is 1.52 bits per heavy atom. The van der Waals surface area contributed by atoms with Crippen molar-refractivity contribution in [3.63, 3.8) is 0 Å². The molecule has 1 fully saturated rings. The van der Waals surface area contributed by atoms with Crippen molar-refractivity contribution < 1.29 is 19.2 Å². The van der Waals surface area contributed by atoms with E-state index >= 15 is 0 Å². The van der Waals surface area contributed by atoms with Gasteiger partial charge in [-0.05, 0) is 43.7 Å². The van der Waals surface area contributed by atoms with Crippen molar-refractivity contribution in [3.8, 4) is 0 Å². The highest BCUT2D eigenvalue weighted by molar-refractivity contribution is 6.10. The van der Waals surface area contributed by atoms with E-state index in [2.05, 4.69) is 16.0 Å². The van der Waals surface area contributed by atoms with Gasteiger partial charge in [0.2, 0.25) is 11.8 Å². The maximum Gasteiger partial charge on any atom is 0.325 e. The third kappa shape index (κ3) is 4.26. The molecular weight excluding hydrogens is 372 g/mol. The normalized spacial score (nSPS) is 18.4. The highest BCUT2D eigenvalue weighted by atomic mass is 16.2. The van der Waals surface area contributed by atoms with Gasteiger partial charge in [-0.15, -0.1) is 0 Å². The van der Waals surface area contributed by atoms with Crippen LogP contribution in [0.25, 0.3) is 0 Å². The predicted molar refractivity (Wildman–Crippen MR) is 108 cm³/mol. The topological polar surface area (TPSA) is 108 Å². The summed E-state index contributed by atoms with van der Waals surface area (Å²) in [7, 11) is 0. The largest absolute Gasteiger partial charge is 0.326 e. The fraction of sp³-hybridized carbons (Fsp3) is 0.238. The summed E-state index contributed by atoms with van der Waals surface area (Å²) < 4.78 is 0. The van der Waals surface area contributed by atoms with Crippen LogP contribution in [-0.2, 0) is 19.9 Å². The molecule has 0 radical (unpaired) electrons. The van der Waals surface area contributed by atoms with Gasteiger partial charge in [0.15, 0.2) is 0 Å². The molecule has 0 bridgehead atoms. The van der Waals surface area contributed by atoms with Gasteiger partial charge in [-0.1, -0.05) is 29.8 Å². The summed E-state index contributed by atoms with van der Waals surface area (Å²) in [5.74, 6) is -1.19. The van der Waals surface area contributed by atoms with Crippen molar-refractivity contribution in [2.45, 2.75) is 26.3 Å². The van der Waals surface area contributed by atoms with Crippen LogP contribution in [0.4, 0.5) is 16.2 Å². The average molecular weight is 394 g/mol. The van der Waals surface area contributed by atoms with E-state index in [0.29, 0.717) is 16.9 Å². The summed E-state index contributed by atoms with van der Waals surface area (Å²) in [6.07, 6.45) is 0. The Bertz CT molecular complexity index is 969. The quantitative estimate of drug-likeness (QED) is 0.677. The van der Waals surface area contributed by atoms with E-state index in [9.17, 15) is 19.2 Å². The first-order valence-electron chi connectivity index (χ1n) is 9.08. The minimum atomic E-state index is -1.22. The maximum atomic E-state index is 12.9. The summed E-state index contributed by atoms with van der Waals surface area (Å²) in [5.41, 5.74) is 1.55. The Morgan fingerprint density at radius 3 is 2.07 bits per heavy atom. The minimum Gasteiger partial charge on any atom is -0.326 e. The van der Waals surface area contributed by atoms with Crippen molar-refractivity contribution in [1.29, 1.82) is 0 Å². The van der Waals surface area contributed by atoms with E-state index in [1.165, 1.54) is 6.92 Å². The predicted octanol–water partition coefficient (Wildman–Crippen LogP) is 2.36. The van der Waals surface area contributed by atoms with Gasteiger partial charge >= 0.3 is 6.03 Å². The molecule has 2 aromatic carbocycles. The third-order valence-corrected chi connectivity index (χ3v) is 4.69. The summed E-state index contributed by atoms with van der Waals surface area (Å²) in [4.78, 5) is 49.5. The van der Waals surface area contributed by atoms with Crippen LogP contribution in [0.5, 0.6) is 0 Å². The van der Waals surface area contributed by atoms with Crippen LogP contribution in [-0.4, -0.2) is 35.2 Å². The first kappa shape index (κ1) is 20.1. The van der Waals surface area contributed by atoms with E-state index in [1.54, 1.807) is 43.3 Å². The molecular formula is C21H22N4O4. The second kappa shape index (κ2) is 7.75. The summed E-state index contributed by atoms with van der Waals surface area (Å²) in [6.45, 7) is 4.55. The Labute approximate surface area is 168 Å². The molecule has 8 nitrogen and oxygen atoms in total. The molecule has 8 heteroatoms. The van der Waals surface area contributed by atoms with Gasteiger partial charge in [-0.25, -0.2) is 4.79 Å². The van der Waals surface area contributed by atoms with Gasteiger partial charge in [-0.3, -0.25) is 19.3 Å². The number of urea groups is 1. The van der Waals surface area contributed by atoms with Crippen molar-refractivity contribution in [3.05, 3.63) is 59.7 Å². The third-order valence-electron chi connectivity index (χ3n) is 4.69. The first-order chi connectivity index (χ1) is 13.7. The molecule has 5 amide bonds. The number of aryl methyl sites for hydroxylation is 1. The lowest BCUT2D eigenvalue weighted by atomic mass is 9.91. The molecule has 2 aromatic rings. The molecule has 1 atom stereocenters. The summed E-state index contributed by atoms with van der Waals surface area (Å²) in [6, 6.07) is 13.2. The van der Waals surface area contributed by atoms with Crippen LogP contribution in [0, 0.1) is 6.92 Å². The van der Waals surface area contributed by atoms with Crippen LogP contribution in [0.3, 0.4) is 0 Å². The molecule has 3 rings (SSSR count). The number of amides is 5. The average Bonchev–Trinajstić information content (AvgIpc) is 2.87. The molecule has 0 spiro atoms. The smallest absolute Gasteiger partial charge is 0.325 e. The monoisotopic (exact) mass is 394 g/mol. The Kier molecular flexibility index (Phi) is 5.36. The lowest BCUT2D eigenvalue weighted by molar-refractivity contribution is -0.133. The van der Waals surface area contributed by atoms with Gasteiger partial charge in [0.05, 0.1) is 0 Å². The molecule has 1 aliphatic rings. The fourth-order valence-electron chi connectivity index (χ4n) is 3.11. The van der Waals surface area contributed by atoms with Crippen LogP contribution in [0.1, 0.15) is 25.0 Å². The number of nitrogens with one attached hydrogen (secondary N) is 3. The van der Waals surface area contributed by atoms with Gasteiger partial charge in [0, 0.05) is 18.3 Å². The molecule has 29 heavy (non-hydrogen) atoms. The summed E-state index contributed by atoms with van der Waals surface area (Å²) in [5, 5.41) is 7.94. The molecule has 1 saturated heterocycles. The SMILES string of the molecule is CC(=O)Nc1ccc(NC(=O)CN2C(=O)N[C@](C)(c3ccc(C)cc3)C2=O)cc1. The number of benzene rings is 2. The number of hydrogen-bond donors (Lipinski definition) is 3. The minimum absolute atomic E-state index is 0.197. The number of nitrogens with zero attached hydrogens (tertiary/aromatic N) is 1. The van der Waals surface area contributed by atoms with E-state index in [-0.39, 0.29) is 5.91 Å². The number of anilines is 2. The van der Waals surface area contributed by atoms with Crippen molar-refractivity contribution in [2.75, 3.05) is 17.2 Å². The molecule has 1 heterocycles. The molecule has 3 N–H and O–H groups in total. The lowest BCUT2D eigenvalue weighted by Crippen LogP contribution is -2.42. The zero-order chi connectivity index (χ0) is 21.2. The van der Waals surface area contributed by atoms with Crippen molar-refractivity contribution in [1.82, 2.24) is 10.2 Å². The van der Waals surface area contributed by atoms with E-state index < -0.39 is 29.9 Å². The first-order valence-corrected chi connectivity index (χ1v) is 9.08. The van der Waals surface area contributed by atoms with Crippen molar-refractivity contribution in [2.24, 2.45) is 0 Å². The highest BCUT2D eigenvalue weighted by Gasteiger charge is 2.49. The molecule has 0 aliphatic carbocycles. The number of carbonyl (C=O) groups excluding carboxylic acids is 4. The van der Waals surface area contributed by atoms with Crippen LogP contribution in [0.2, 0.25) is 0 Å². The van der Waals surface area contributed by atoms with Gasteiger partial charge in [-0.2, -0.15) is 0 Å². The van der Waals surface area contributed by atoms with Gasteiger partial charge < -0.3 is 16.0 Å². The second-order valence-corrected chi connectivity index (χ2v) is 7.12. The van der Waals surface area contributed by atoms with Crippen LogP contribution in [0.15, 0.2) is 48.5 Å². The number of imide groups is 1. The maximum absolute atomic E-state index is 12.9. The molecule has 0 unspecified atom stereocenters. The molecule has 1 aliphatic heterocycles. The lowest BCUT2D eigenvalue weighted by Gasteiger charge is -2.22. The van der Waals surface area contributed by atoms with E-state index in [0.717, 1.165) is 10.5 Å².